The zero-order valence-corrected chi connectivity index (χ0v) is 13.1. The highest BCUT2D eigenvalue weighted by atomic mass is 35.5. The summed E-state index contributed by atoms with van der Waals surface area (Å²) in [6.07, 6.45) is 1.76. The maximum Gasteiger partial charge on any atom is 0.146 e. The topological polar surface area (TPSA) is 40.6 Å². The summed E-state index contributed by atoms with van der Waals surface area (Å²) in [5.74, 6) is 0.901. The number of hydrogen-bond donors (Lipinski definition) is 1. The van der Waals surface area contributed by atoms with Crippen molar-refractivity contribution in [2.45, 2.75) is 38.8 Å². The molecule has 6 heteroatoms. The summed E-state index contributed by atoms with van der Waals surface area (Å²) in [7, 11) is -1.08. The fourth-order valence-corrected chi connectivity index (χ4v) is 2.80. The van der Waals surface area contributed by atoms with Crippen LogP contribution in [-0.4, -0.2) is 31.0 Å². The minimum absolute atomic E-state index is 0.0923. The number of aromatic amines is 1. The smallest absolute Gasteiger partial charge is 0.146 e. The van der Waals surface area contributed by atoms with Crippen molar-refractivity contribution in [3.8, 4) is 0 Å². The van der Waals surface area contributed by atoms with E-state index in [1.165, 1.54) is 0 Å². The molecule has 4 nitrogen and oxygen atoms in total. The van der Waals surface area contributed by atoms with Crippen LogP contribution in [0.2, 0.25) is 25.7 Å². The van der Waals surface area contributed by atoms with Gasteiger partial charge in [0.15, 0.2) is 0 Å². The molecule has 1 aromatic heterocycles. The van der Waals surface area contributed by atoms with Crippen LogP contribution in [0.4, 0.5) is 5.82 Å². The molecule has 100 valence electrons. The van der Waals surface area contributed by atoms with E-state index >= 15 is 0 Å². The second-order valence-electron chi connectivity index (χ2n) is 5.76. The molecule has 18 heavy (non-hydrogen) atoms. The highest BCUT2D eigenvalue weighted by Crippen LogP contribution is 2.28. The Bertz CT molecular complexity index is 452. The minimum atomic E-state index is -1.08. The van der Waals surface area contributed by atoms with Gasteiger partial charge in [0.2, 0.25) is 0 Å². The summed E-state index contributed by atoms with van der Waals surface area (Å²) in [5.41, 5.74) is 0.905. The first-order valence-corrected chi connectivity index (χ1v) is 10.3. The Labute approximate surface area is 114 Å². The van der Waals surface area contributed by atoms with E-state index in [-0.39, 0.29) is 6.17 Å². The molecular weight excluding hydrogens is 266 g/mol. The molecule has 2 rings (SSSR count). The molecule has 0 bridgehead atoms. The highest BCUT2D eigenvalue weighted by Gasteiger charge is 2.27. The molecule has 0 aliphatic carbocycles. The van der Waals surface area contributed by atoms with E-state index in [0.29, 0.717) is 5.17 Å². The van der Waals surface area contributed by atoms with Gasteiger partial charge in [0, 0.05) is 14.3 Å². The number of anilines is 1. The van der Waals surface area contributed by atoms with Crippen LogP contribution in [0.15, 0.2) is 17.3 Å². The van der Waals surface area contributed by atoms with Crippen molar-refractivity contribution in [3.63, 3.8) is 0 Å². The molecular formula is C12H20ClN3OSi. The fourth-order valence-electron chi connectivity index (χ4n) is 1.80. The molecule has 0 saturated heterocycles. The summed E-state index contributed by atoms with van der Waals surface area (Å²) in [4.78, 5) is 13.4. The standard InChI is InChI=1S/C12H20ClN3OSi/c1-9-15-11(13)10-5-6-14-12(10)16(9)17-7-8-18(2,3)4/h5-6,9,14H,7-8H2,1-4H3. The lowest BCUT2D eigenvalue weighted by molar-refractivity contribution is 0.0989. The van der Waals surface area contributed by atoms with Crippen LogP contribution < -0.4 is 5.06 Å². The Morgan fingerprint density at radius 1 is 1.50 bits per heavy atom. The largest absolute Gasteiger partial charge is 0.346 e. The summed E-state index contributed by atoms with van der Waals surface area (Å²) in [6.45, 7) is 9.72. The van der Waals surface area contributed by atoms with Gasteiger partial charge in [-0.1, -0.05) is 31.2 Å². The van der Waals surface area contributed by atoms with E-state index < -0.39 is 8.07 Å². The quantitative estimate of drug-likeness (QED) is 0.861. The fraction of sp³-hybridized carbons (Fsp3) is 0.583. The van der Waals surface area contributed by atoms with Gasteiger partial charge in [0.05, 0.1) is 12.2 Å². The molecule has 0 radical (unpaired) electrons. The van der Waals surface area contributed by atoms with E-state index in [1.54, 1.807) is 0 Å². The number of hydroxylamine groups is 1. The first kappa shape index (κ1) is 13.6. The Morgan fingerprint density at radius 2 is 2.22 bits per heavy atom. The molecule has 1 aliphatic rings. The average molecular weight is 286 g/mol. The normalized spacial score (nSPS) is 19.7. The number of hydrogen-bond acceptors (Lipinski definition) is 3. The lowest BCUT2D eigenvalue weighted by Crippen LogP contribution is -2.37. The molecule has 0 spiro atoms. The molecule has 1 atom stereocenters. The Hall–Kier alpha value is -0.783. The van der Waals surface area contributed by atoms with Crippen LogP contribution in [0, 0.1) is 0 Å². The van der Waals surface area contributed by atoms with Gasteiger partial charge in [-0.15, -0.1) is 0 Å². The Balaban J connectivity index is 2.06. The number of aliphatic imine (C=N–C) groups is 1. The SMILES string of the molecule is CC1N=C(Cl)c2cc[nH]c2N1OCC[Si](C)(C)C. The summed E-state index contributed by atoms with van der Waals surface area (Å²) in [6, 6.07) is 3.05. The maximum absolute atomic E-state index is 6.11. The van der Waals surface area contributed by atoms with Gasteiger partial charge in [-0.2, -0.15) is 0 Å². The molecule has 0 fully saturated rings. The number of halogens is 1. The van der Waals surface area contributed by atoms with Crippen molar-refractivity contribution in [2.75, 3.05) is 11.7 Å². The van der Waals surface area contributed by atoms with E-state index in [2.05, 4.69) is 29.6 Å². The van der Waals surface area contributed by atoms with Crippen molar-refractivity contribution in [1.82, 2.24) is 4.98 Å². The second-order valence-corrected chi connectivity index (χ2v) is 11.7. The van der Waals surface area contributed by atoms with Gasteiger partial charge in [-0.3, -0.25) is 4.84 Å². The van der Waals surface area contributed by atoms with Crippen LogP contribution in [0.25, 0.3) is 0 Å². The third-order valence-electron chi connectivity index (χ3n) is 2.89. The van der Waals surface area contributed by atoms with Crippen molar-refractivity contribution in [2.24, 2.45) is 4.99 Å². The first-order valence-electron chi connectivity index (χ1n) is 6.22. The van der Waals surface area contributed by atoms with Crippen LogP contribution in [-0.2, 0) is 4.84 Å². The van der Waals surface area contributed by atoms with Gasteiger partial charge in [-0.25, -0.2) is 10.1 Å². The van der Waals surface area contributed by atoms with Gasteiger partial charge in [-0.05, 0) is 19.0 Å². The average Bonchev–Trinajstić information content (AvgIpc) is 2.70. The molecule has 1 aliphatic heterocycles. The zero-order chi connectivity index (χ0) is 13.3. The maximum atomic E-state index is 6.11. The van der Waals surface area contributed by atoms with E-state index in [0.717, 1.165) is 24.0 Å². The lowest BCUT2D eigenvalue weighted by Gasteiger charge is -2.31. The molecule has 1 aromatic rings. The molecule has 1 N–H and O–H groups in total. The van der Waals surface area contributed by atoms with E-state index in [4.69, 9.17) is 16.4 Å². The zero-order valence-electron chi connectivity index (χ0n) is 11.3. The van der Waals surface area contributed by atoms with E-state index in [9.17, 15) is 0 Å². The van der Waals surface area contributed by atoms with Crippen LogP contribution >= 0.6 is 11.6 Å². The number of H-pyrrole nitrogens is 1. The predicted octanol–water partition coefficient (Wildman–Crippen LogP) is 3.44. The molecule has 2 heterocycles. The van der Waals surface area contributed by atoms with Gasteiger partial charge >= 0.3 is 0 Å². The van der Waals surface area contributed by atoms with Crippen LogP contribution in [0.1, 0.15) is 12.5 Å². The summed E-state index contributed by atoms with van der Waals surface area (Å²) >= 11 is 6.11. The van der Waals surface area contributed by atoms with Crippen LogP contribution in [0.5, 0.6) is 0 Å². The van der Waals surface area contributed by atoms with Crippen molar-refractivity contribution in [3.05, 3.63) is 17.8 Å². The molecule has 1 unspecified atom stereocenters. The van der Waals surface area contributed by atoms with Crippen molar-refractivity contribution in [1.29, 1.82) is 0 Å². The van der Waals surface area contributed by atoms with E-state index in [1.807, 2.05) is 24.3 Å². The van der Waals surface area contributed by atoms with Crippen LogP contribution in [0.3, 0.4) is 0 Å². The number of fused-ring (bicyclic) bond motifs is 1. The van der Waals surface area contributed by atoms with Gasteiger partial charge in [0.1, 0.15) is 17.2 Å². The number of rotatable bonds is 4. The second kappa shape index (κ2) is 5.07. The molecule has 0 saturated carbocycles. The third-order valence-corrected chi connectivity index (χ3v) is 4.90. The monoisotopic (exact) mass is 285 g/mol. The number of aromatic nitrogens is 1. The number of nitrogens with zero attached hydrogens (tertiary/aromatic N) is 2. The third kappa shape index (κ3) is 2.96. The summed E-state index contributed by atoms with van der Waals surface area (Å²) in [5, 5.41) is 2.37. The van der Waals surface area contributed by atoms with Crippen molar-refractivity contribution >= 4 is 30.7 Å². The lowest BCUT2D eigenvalue weighted by atomic mass is 10.3. The molecule has 0 amide bonds. The van der Waals surface area contributed by atoms with Gasteiger partial charge in [0.25, 0.3) is 0 Å². The highest BCUT2D eigenvalue weighted by molar-refractivity contribution is 6.76. The van der Waals surface area contributed by atoms with Crippen molar-refractivity contribution < 1.29 is 4.84 Å². The predicted molar refractivity (Wildman–Crippen MR) is 79.2 cm³/mol. The Morgan fingerprint density at radius 3 is 2.89 bits per heavy atom. The molecule has 0 aromatic carbocycles. The number of nitrogens with one attached hydrogen (secondary N) is 1. The minimum Gasteiger partial charge on any atom is -0.346 e. The van der Waals surface area contributed by atoms with Gasteiger partial charge < -0.3 is 4.98 Å². The first-order chi connectivity index (χ1) is 8.38. The summed E-state index contributed by atoms with van der Waals surface area (Å²) < 4.78 is 0. The Kier molecular flexibility index (Phi) is 3.84.